The number of carboxylic acid groups (broad SMARTS) is 1. The number of aliphatic carboxylic acids is 1. The molecule has 0 aliphatic heterocycles. The van der Waals surface area contributed by atoms with Gasteiger partial charge in [-0.25, -0.2) is 0 Å². The van der Waals surface area contributed by atoms with Crippen LogP contribution in [0.1, 0.15) is 51.0 Å². The summed E-state index contributed by atoms with van der Waals surface area (Å²) in [5, 5.41) is 9.78. The molecule has 1 unspecified atom stereocenters. The first kappa shape index (κ1) is 13.9. The van der Waals surface area contributed by atoms with Crippen molar-refractivity contribution in [3.63, 3.8) is 0 Å². The van der Waals surface area contributed by atoms with Crippen LogP contribution in [0, 0.1) is 5.92 Å². The van der Waals surface area contributed by atoms with Crippen LogP contribution in [0.25, 0.3) is 0 Å². The minimum Gasteiger partial charge on any atom is -0.481 e. The van der Waals surface area contributed by atoms with Crippen molar-refractivity contribution in [1.82, 2.24) is 0 Å². The second-order valence-corrected chi connectivity index (χ2v) is 5.72. The van der Waals surface area contributed by atoms with Crippen LogP contribution in [0.2, 0.25) is 0 Å². The predicted molar refractivity (Wildman–Crippen MR) is 77.0 cm³/mol. The standard InChI is InChI=1S/C16H23NO2/c1-2-16(15(18)19,11-12-5-3-4-6-12)13-7-9-14(17)10-8-13/h7-10,12H,2-6,11,17H2,1H3,(H,18,19). The number of benzene rings is 1. The van der Waals surface area contributed by atoms with Gasteiger partial charge in [-0.05, 0) is 36.5 Å². The van der Waals surface area contributed by atoms with Gasteiger partial charge in [-0.2, -0.15) is 0 Å². The van der Waals surface area contributed by atoms with E-state index in [0.717, 1.165) is 12.0 Å². The normalized spacial score (nSPS) is 19.2. The van der Waals surface area contributed by atoms with Crippen molar-refractivity contribution in [3.8, 4) is 0 Å². The molecule has 2 rings (SSSR count). The summed E-state index contributed by atoms with van der Waals surface area (Å²) >= 11 is 0. The zero-order valence-corrected chi connectivity index (χ0v) is 11.6. The molecule has 0 aromatic heterocycles. The van der Waals surface area contributed by atoms with Crippen LogP contribution in [-0.4, -0.2) is 11.1 Å². The molecule has 1 aliphatic carbocycles. The SMILES string of the molecule is CCC(CC1CCCC1)(C(=O)O)c1ccc(N)cc1. The number of hydrogen-bond donors (Lipinski definition) is 2. The molecule has 0 heterocycles. The lowest BCUT2D eigenvalue weighted by atomic mass is 9.71. The molecule has 0 amide bonds. The first-order chi connectivity index (χ1) is 9.08. The third kappa shape index (κ3) is 2.75. The summed E-state index contributed by atoms with van der Waals surface area (Å²) in [5.41, 5.74) is 6.53. The highest BCUT2D eigenvalue weighted by Gasteiger charge is 2.41. The Morgan fingerprint density at radius 1 is 1.32 bits per heavy atom. The maximum Gasteiger partial charge on any atom is 0.314 e. The number of hydrogen-bond acceptors (Lipinski definition) is 2. The Morgan fingerprint density at radius 3 is 2.37 bits per heavy atom. The fraction of sp³-hybridized carbons (Fsp3) is 0.562. The summed E-state index contributed by atoms with van der Waals surface area (Å²) in [7, 11) is 0. The van der Waals surface area contributed by atoms with E-state index in [2.05, 4.69) is 0 Å². The molecule has 3 heteroatoms. The summed E-state index contributed by atoms with van der Waals surface area (Å²) in [6.07, 6.45) is 6.21. The van der Waals surface area contributed by atoms with Gasteiger partial charge in [0.2, 0.25) is 0 Å². The molecule has 0 radical (unpaired) electrons. The Morgan fingerprint density at radius 2 is 1.89 bits per heavy atom. The van der Waals surface area contributed by atoms with Crippen LogP contribution in [0.5, 0.6) is 0 Å². The third-order valence-corrected chi connectivity index (χ3v) is 4.59. The predicted octanol–water partition coefficient (Wildman–Crippen LogP) is 3.58. The molecule has 1 aromatic carbocycles. The van der Waals surface area contributed by atoms with Gasteiger partial charge in [-0.1, -0.05) is 44.7 Å². The van der Waals surface area contributed by atoms with E-state index in [9.17, 15) is 9.90 Å². The highest BCUT2D eigenvalue weighted by atomic mass is 16.4. The van der Waals surface area contributed by atoms with Gasteiger partial charge in [0.15, 0.2) is 0 Å². The lowest BCUT2D eigenvalue weighted by Crippen LogP contribution is -2.37. The molecule has 1 saturated carbocycles. The van der Waals surface area contributed by atoms with E-state index in [1.807, 2.05) is 19.1 Å². The summed E-state index contributed by atoms with van der Waals surface area (Å²) in [6, 6.07) is 7.36. The van der Waals surface area contributed by atoms with Crippen molar-refractivity contribution >= 4 is 11.7 Å². The average molecular weight is 261 g/mol. The molecule has 0 spiro atoms. The Kier molecular flexibility index (Phi) is 4.13. The Hall–Kier alpha value is -1.51. The van der Waals surface area contributed by atoms with E-state index in [0.29, 0.717) is 18.0 Å². The van der Waals surface area contributed by atoms with Crippen LogP contribution in [0.3, 0.4) is 0 Å². The zero-order chi connectivity index (χ0) is 13.9. The lowest BCUT2D eigenvalue weighted by molar-refractivity contribution is -0.144. The second kappa shape index (κ2) is 5.64. The van der Waals surface area contributed by atoms with Gasteiger partial charge in [0.25, 0.3) is 0 Å². The van der Waals surface area contributed by atoms with Crippen LogP contribution in [0.4, 0.5) is 5.69 Å². The Labute approximate surface area is 114 Å². The number of carboxylic acids is 1. The molecule has 0 saturated heterocycles. The third-order valence-electron chi connectivity index (χ3n) is 4.59. The van der Waals surface area contributed by atoms with Gasteiger partial charge in [-0.15, -0.1) is 0 Å². The quantitative estimate of drug-likeness (QED) is 0.796. The number of nitrogens with two attached hydrogens (primary N) is 1. The molecule has 1 aromatic rings. The largest absolute Gasteiger partial charge is 0.481 e. The minimum absolute atomic E-state index is 0.550. The molecule has 3 nitrogen and oxygen atoms in total. The molecule has 104 valence electrons. The minimum atomic E-state index is -0.747. The Bertz CT molecular complexity index is 435. The van der Waals surface area contributed by atoms with Crippen LogP contribution in [-0.2, 0) is 10.2 Å². The molecule has 1 fully saturated rings. The fourth-order valence-electron chi connectivity index (χ4n) is 3.34. The average Bonchev–Trinajstić information content (AvgIpc) is 2.89. The monoisotopic (exact) mass is 261 g/mol. The Balaban J connectivity index is 2.32. The van der Waals surface area contributed by atoms with Crippen LogP contribution < -0.4 is 5.73 Å². The molecule has 1 aliphatic rings. The van der Waals surface area contributed by atoms with Gasteiger partial charge in [0, 0.05) is 5.69 Å². The van der Waals surface area contributed by atoms with E-state index in [1.165, 1.54) is 25.7 Å². The lowest BCUT2D eigenvalue weighted by Gasteiger charge is -2.31. The molecule has 3 N–H and O–H groups in total. The zero-order valence-electron chi connectivity index (χ0n) is 11.6. The first-order valence-electron chi connectivity index (χ1n) is 7.18. The van der Waals surface area contributed by atoms with Gasteiger partial charge in [-0.3, -0.25) is 4.79 Å². The van der Waals surface area contributed by atoms with Crippen molar-refractivity contribution in [1.29, 1.82) is 0 Å². The van der Waals surface area contributed by atoms with Crippen molar-refractivity contribution < 1.29 is 9.90 Å². The van der Waals surface area contributed by atoms with Crippen molar-refractivity contribution in [3.05, 3.63) is 29.8 Å². The summed E-state index contributed by atoms with van der Waals surface area (Å²) in [5.74, 6) is -0.153. The van der Waals surface area contributed by atoms with E-state index >= 15 is 0 Å². The highest BCUT2D eigenvalue weighted by Crippen LogP contribution is 2.40. The van der Waals surface area contributed by atoms with Gasteiger partial charge in [0.05, 0.1) is 5.41 Å². The number of nitrogen functional groups attached to an aromatic ring is 1. The van der Waals surface area contributed by atoms with Crippen molar-refractivity contribution in [2.45, 2.75) is 50.9 Å². The van der Waals surface area contributed by atoms with Crippen molar-refractivity contribution in [2.75, 3.05) is 5.73 Å². The van der Waals surface area contributed by atoms with Gasteiger partial charge < -0.3 is 10.8 Å². The number of carbonyl (C=O) groups is 1. The highest BCUT2D eigenvalue weighted by molar-refractivity contribution is 5.81. The van der Waals surface area contributed by atoms with Crippen LogP contribution in [0.15, 0.2) is 24.3 Å². The van der Waals surface area contributed by atoms with E-state index in [1.54, 1.807) is 12.1 Å². The molecular weight excluding hydrogens is 238 g/mol. The number of anilines is 1. The smallest absolute Gasteiger partial charge is 0.314 e. The topological polar surface area (TPSA) is 63.3 Å². The maximum atomic E-state index is 11.9. The molecule has 19 heavy (non-hydrogen) atoms. The van der Waals surface area contributed by atoms with Gasteiger partial charge >= 0.3 is 5.97 Å². The molecular formula is C16H23NO2. The second-order valence-electron chi connectivity index (χ2n) is 5.72. The maximum absolute atomic E-state index is 11.9. The van der Waals surface area contributed by atoms with Gasteiger partial charge in [0.1, 0.15) is 0 Å². The first-order valence-corrected chi connectivity index (χ1v) is 7.18. The number of rotatable bonds is 5. The molecule has 1 atom stereocenters. The van der Waals surface area contributed by atoms with E-state index < -0.39 is 11.4 Å². The van der Waals surface area contributed by atoms with E-state index in [-0.39, 0.29) is 0 Å². The molecule has 0 bridgehead atoms. The van der Waals surface area contributed by atoms with Crippen molar-refractivity contribution in [2.24, 2.45) is 5.92 Å². The van der Waals surface area contributed by atoms with E-state index in [4.69, 9.17) is 5.73 Å². The fourth-order valence-corrected chi connectivity index (χ4v) is 3.34. The summed E-state index contributed by atoms with van der Waals surface area (Å²) in [4.78, 5) is 11.9. The van der Waals surface area contributed by atoms with Crippen LogP contribution >= 0.6 is 0 Å². The summed E-state index contributed by atoms with van der Waals surface area (Å²) < 4.78 is 0. The summed E-state index contributed by atoms with van der Waals surface area (Å²) in [6.45, 7) is 1.97.